The van der Waals surface area contributed by atoms with Gasteiger partial charge in [0.1, 0.15) is 16.9 Å². The van der Waals surface area contributed by atoms with Crippen molar-refractivity contribution in [3.05, 3.63) is 84.5 Å². The second-order valence-electron chi connectivity index (χ2n) is 7.45. The van der Waals surface area contributed by atoms with E-state index in [1.807, 2.05) is 6.92 Å². The minimum Gasteiger partial charge on any atom is -0.310 e. The summed E-state index contributed by atoms with van der Waals surface area (Å²) in [4.78, 5) is 20.4. The maximum Gasteiger partial charge on any atom is 0.262 e. The van der Waals surface area contributed by atoms with E-state index in [0.29, 0.717) is 45.2 Å². The number of aromatic nitrogens is 4. The van der Waals surface area contributed by atoms with Crippen molar-refractivity contribution in [1.29, 1.82) is 0 Å². The maximum atomic E-state index is 13.0. The number of hydrogen-bond donors (Lipinski definition) is 2. The topological polar surface area (TPSA) is 124 Å². The third-order valence-corrected chi connectivity index (χ3v) is 6.45. The summed E-state index contributed by atoms with van der Waals surface area (Å²) in [6.07, 6.45) is 0.740. The van der Waals surface area contributed by atoms with Gasteiger partial charge in [-0.25, -0.2) is 23.2 Å². The van der Waals surface area contributed by atoms with Gasteiger partial charge in [-0.1, -0.05) is 66.0 Å². The molecule has 0 spiro atoms. The number of nitrogens with one attached hydrogen (secondary N) is 1. The van der Waals surface area contributed by atoms with Crippen molar-refractivity contribution in [3.63, 3.8) is 0 Å². The van der Waals surface area contributed by atoms with Crippen LogP contribution in [0.2, 0.25) is 15.1 Å². The van der Waals surface area contributed by atoms with Crippen molar-refractivity contribution in [1.82, 2.24) is 19.7 Å². The predicted octanol–water partition coefficient (Wildman–Crippen LogP) is 4.01. The molecular formula is C21H18Cl3N5O3S. The quantitative estimate of drug-likeness (QED) is 0.393. The lowest BCUT2D eigenvalue weighted by Gasteiger charge is -2.09. The van der Waals surface area contributed by atoms with E-state index in [2.05, 4.69) is 15.1 Å². The second-order valence-corrected chi connectivity index (χ2v) is 10.3. The fourth-order valence-electron chi connectivity index (χ4n) is 3.62. The average Bonchev–Trinajstić information content (AvgIpc) is 3.05. The molecule has 3 N–H and O–H groups in total. The molecule has 33 heavy (non-hydrogen) atoms. The minimum atomic E-state index is -3.67. The zero-order chi connectivity index (χ0) is 23.9. The van der Waals surface area contributed by atoms with E-state index in [0.717, 1.165) is 5.56 Å². The van der Waals surface area contributed by atoms with E-state index in [1.54, 1.807) is 24.3 Å². The summed E-state index contributed by atoms with van der Waals surface area (Å²) in [5.74, 6) is 0.0783. The number of primary sulfonamides is 1. The van der Waals surface area contributed by atoms with Crippen LogP contribution in [0.4, 0.5) is 0 Å². The minimum absolute atomic E-state index is 0.248. The van der Waals surface area contributed by atoms with Gasteiger partial charge in [0.2, 0.25) is 10.0 Å². The largest absolute Gasteiger partial charge is 0.310 e. The first-order chi connectivity index (χ1) is 15.6. The van der Waals surface area contributed by atoms with E-state index in [9.17, 15) is 13.2 Å². The Kier molecular flexibility index (Phi) is 6.52. The monoisotopic (exact) mass is 525 g/mol. The van der Waals surface area contributed by atoms with Crippen LogP contribution >= 0.6 is 34.8 Å². The van der Waals surface area contributed by atoms with Crippen molar-refractivity contribution in [2.24, 2.45) is 5.14 Å². The highest BCUT2D eigenvalue weighted by Crippen LogP contribution is 2.33. The molecular weight excluding hydrogens is 509 g/mol. The van der Waals surface area contributed by atoms with Gasteiger partial charge in [0.25, 0.3) is 5.56 Å². The number of sulfonamides is 1. The highest BCUT2D eigenvalue weighted by molar-refractivity contribution is 7.88. The Balaban J connectivity index is 1.84. The first kappa shape index (κ1) is 23.7. The lowest BCUT2D eigenvalue weighted by Crippen LogP contribution is -2.15. The molecule has 0 fully saturated rings. The second kappa shape index (κ2) is 9.08. The third-order valence-electron chi connectivity index (χ3n) is 4.92. The van der Waals surface area contributed by atoms with E-state index in [-0.39, 0.29) is 27.8 Å². The molecule has 4 rings (SSSR count). The van der Waals surface area contributed by atoms with Gasteiger partial charge in [0.15, 0.2) is 5.65 Å². The molecule has 0 aliphatic rings. The van der Waals surface area contributed by atoms with Gasteiger partial charge in [-0.2, -0.15) is 5.10 Å². The fourth-order valence-corrected chi connectivity index (χ4v) is 5.24. The third kappa shape index (κ3) is 5.07. The number of hydrogen-bond acceptors (Lipinski definition) is 5. The number of halogens is 3. The summed E-state index contributed by atoms with van der Waals surface area (Å²) >= 11 is 18.8. The number of nitrogens with zero attached hydrogens (tertiary/aromatic N) is 3. The van der Waals surface area contributed by atoms with Gasteiger partial charge < -0.3 is 4.98 Å². The van der Waals surface area contributed by atoms with Crippen molar-refractivity contribution < 1.29 is 8.42 Å². The average molecular weight is 527 g/mol. The molecule has 0 aliphatic carbocycles. The number of benzene rings is 2. The van der Waals surface area contributed by atoms with Crippen LogP contribution in [-0.2, 0) is 28.6 Å². The number of H-pyrrole nitrogens is 1. The van der Waals surface area contributed by atoms with Crippen LogP contribution in [0.1, 0.15) is 29.6 Å². The summed E-state index contributed by atoms with van der Waals surface area (Å²) in [7, 11) is -3.67. The van der Waals surface area contributed by atoms with Crippen LogP contribution in [0.15, 0.2) is 41.2 Å². The zero-order valence-corrected chi connectivity index (χ0v) is 20.4. The van der Waals surface area contributed by atoms with Gasteiger partial charge in [-0.05, 0) is 29.7 Å². The Bertz CT molecular complexity index is 1520. The molecule has 172 valence electrons. The Hall–Kier alpha value is -2.43. The zero-order valence-electron chi connectivity index (χ0n) is 17.3. The fraction of sp³-hybridized carbons (Fsp3) is 0.190. The van der Waals surface area contributed by atoms with E-state index in [1.165, 1.54) is 16.8 Å². The van der Waals surface area contributed by atoms with Gasteiger partial charge >= 0.3 is 0 Å². The highest BCUT2D eigenvalue weighted by atomic mass is 35.5. The molecule has 8 nitrogen and oxygen atoms in total. The van der Waals surface area contributed by atoms with Crippen LogP contribution in [-0.4, -0.2) is 28.2 Å². The molecule has 0 amide bonds. The van der Waals surface area contributed by atoms with Crippen LogP contribution in [0.25, 0.3) is 16.7 Å². The van der Waals surface area contributed by atoms with E-state index in [4.69, 9.17) is 39.9 Å². The van der Waals surface area contributed by atoms with Crippen LogP contribution < -0.4 is 10.7 Å². The molecule has 0 saturated carbocycles. The standard InChI is InChI=1S/C21H18Cl3N5O3S/c1-2-16-18-20(29(28-16)19-14(23)8-13(22)9-15(19)24)26-17(27-21(18)30)7-11-4-3-5-12(6-11)10-33(25,31)32/h3-6,8-9H,2,7,10H2,1H3,(H2,25,31,32)(H,26,27,30). The van der Waals surface area contributed by atoms with Crippen LogP contribution in [0.3, 0.4) is 0 Å². The summed E-state index contributed by atoms with van der Waals surface area (Å²) in [5.41, 5.74) is 2.16. The molecule has 0 saturated heterocycles. The van der Waals surface area contributed by atoms with Crippen molar-refractivity contribution in [2.75, 3.05) is 0 Å². The number of aromatic amines is 1. The van der Waals surface area contributed by atoms with E-state index >= 15 is 0 Å². The van der Waals surface area contributed by atoms with Crippen LogP contribution in [0.5, 0.6) is 0 Å². The van der Waals surface area contributed by atoms with E-state index < -0.39 is 10.0 Å². The number of fused-ring (bicyclic) bond motifs is 1. The number of nitrogens with two attached hydrogens (primary N) is 1. The summed E-state index contributed by atoms with van der Waals surface area (Å²) in [5, 5.41) is 10.9. The van der Waals surface area contributed by atoms with Gasteiger partial charge in [-0.15, -0.1) is 0 Å². The van der Waals surface area contributed by atoms with Crippen molar-refractivity contribution in [3.8, 4) is 5.69 Å². The molecule has 0 unspecified atom stereocenters. The lowest BCUT2D eigenvalue weighted by atomic mass is 10.1. The van der Waals surface area contributed by atoms with Gasteiger partial charge in [-0.3, -0.25) is 4.79 Å². The molecule has 2 heterocycles. The summed E-state index contributed by atoms with van der Waals surface area (Å²) in [6.45, 7) is 1.88. The summed E-state index contributed by atoms with van der Waals surface area (Å²) in [6, 6.07) is 9.97. The molecule has 0 aliphatic heterocycles. The number of aryl methyl sites for hydroxylation is 1. The Labute approximate surface area is 204 Å². The molecule has 12 heteroatoms. The maximum absolute atomic E-state index is 13.0. The van der Waals surface area contributed by atoms with Crippen molar-refractivity contribution in [2.45, 2.75) is 25.5 Å². The van der Waals surface area contributed by atoms with Crippen LogP contribution in [0, 0.1) is 0 Å². The van der Waals surface area contributed by atoms with Gasteiger partial charge in [0, 0.05) is 11.4 Å². The number of rotatable bonds is 6. The Morgan fingerprint density at radius 3 is 2.39 bits per heavy atom. The Morgan fingerprint density at radius 2 is 1.76 bits per heavy atom. The molecule has 2 aromatic carbocycles. The SMILES string of the molecule is CCc1nn(-c2c(Cl)cc(Cl)cc2Cl)c2nc(Cc3cccc(CS(N)(=O)=O)c3)[nH]c(=O)c12. The molecule has 0 atom stereocenters. The first-order valence-corrected chi connectivity index (χ1v) is 12.6. The predicted molar refractivity (Wildman–Crippen MR) is 130 cm³/mol. The molecule has 0 radical (unpaired) electrons. The molecule has 4 aromatic rings. The first-order valence-electron chi connectivity index (χ1n) is 9.79. The molecule has 0 bridgehead atoms. The normalized spacial score (nSPS) is 11.9. The lowest BCUT2D eigenvalue weighted by molar-refractivity contribution is 0.597. The summed E-state index contributed by atoms with van der Waals surface area (Å²) < 4.78 is 24.3. The molecule has 2 aromatic heterocycles. The van der Waals surface area contributed by atoms with Crippen molar-refractivity contribution >= 4 is 55.9 Å². The highest BCUT2D eigenvalue weighted by Gasteiger charge is 2.21. The smallest absolute Gasteiger partial charge is 0.262 e. The van der Waals surface area contributed by atoms with Gasteiger partial charge in [0.05, 0.1) is 21.5 Å². The Morgan fingerprint density at radius 1 is 1.09 bits per heavy atom.